The Morgan fingerprint density at radius 2 is 1.75 bits per heavy atom. The molecule has 0 spiro atoms. The molecule has 2 aromatic rings. The first kappa shape index (κ1) is 10.7. The fraction of sp³-hybridized carbons (Fsp3) is 0.143. The molecule has 0 aromatic heterocycles. The van der Waals surface area contributed by atoms with Crippen LogP contribution in [0.15, 0.2) is 42.5 Å². The molecule has 0 radical (unpaired) electrons. The first-order valence-corrected chi connectivity index (χ1v) is 5.47. The molecule has 2 rings (SSSR count). The minimum Gasteiger partial charge on any atom is -0.398 e. The summed E-state index contributed by atoms with van der Waals surface area (Å²) in [4.78, 5) is 0. The summed E-state index contributed by atoms with van der Waals surface area (Å²) in [5, 5.41) is 2.30. The van der Waals surface area contributed by atoms with Gasteiger partial charge in [-0.3, -0.25) is 0 Å². The monoisotopic (exact) mass is 212 g/mol. The van der Waals surface area contributed by atoms with Crippen LogP contribution < -0.4 is 11.5 Å². The Balaban J connectivity index is 2.50. The van der Waals surface area contributed by atoms with Crippen molar-refractivity contribution in [2.45, 2.75) is 6.42 Å². The van der Waals surface area contributed by atoms with E-state index in [4.69, 9.17) is 11.5 Å². The van der Waals surface area contributed by atoms with E-state index in [0.717, 1.165) is 17.5 Å². The van der Waals surface area contributed by atoms with Gasteiger partial charge in [-0.25, -0.2) is 0 Å². The molecule has 0 aliphatic heterocycles. The molecule has 4 N–H and O–H groups in total. The highest BCUT2D eigenvalue weighted by atomic mass is 14.5. The van der Waals surface area contributed by atoms with Crippen LogP contribution in [0.3, 0.4) is 0 Å². The van der Waals surface area contributed by atoms with E-state index in [1.165, 1.54) is 10.9 Å². The van der Waals surface area contributed by atoms with Crippen LogP contribution in [0.5, 0.6) is 0 Å². The van der Waals surface area contributed by atoms with E-state index in [-0.39, 0.29) is 0 Å². The maximum Gasteiger partial charge on any atom is 0.0394 e. The number of hydrogen-bond acceptors (Lipinski definition) is 2. The van der Waals surface area contributed by atoms with Crippen molar-refractivity contribution in [3.63, 3.8) is 0 Å². The van der Waals surface area contributed by atoms with Gasteiger partial charge < -0.3 is 11.5 Å². The number of hydrogen-bond donors (Lipinski definition) is 2. The van der Waals surface area contributed by atoms with E-state index in [0.29, 0.717) is 6.54 Å². The lowest BCUT2D eigenvalue weighted by molar-refractivity contribution is 1.01. The molecule has 2 aromatic carbocycles. The summed E-state index contributed by atoms with van der Waals surface area (Å²) in [6.45, 7) is 0.684. The summed E-state index contributed by atoms with van der Waals surface area (Å²) in [5.74, 6) is 0. The zero-order valence-corrected chi connectivity index (χ0v) is 9.19. The van der Waals surface area contributed by atoms with Crippen molar-refractivity contribution < 1.29 is 0 Å². The van der Waals surface area contributed by atoms with Gasteiger partial charge in [-0.2, -0.15) is 0 Å². The average Bonchev–Trinajstić information content (AvgIpc) is 2.33. The third-order valence-corrected chi connectivity index (χ3v) is 2.62. The molecule has 0 amide bonds. The number of fused-ring (bicyclic) bond motifs is 1. The molecule has 0 aliphatic carbocycles. The summed E-state index contributed by atoms with van der Waals surface area (Å²) >= 11 is 0. The minimum absolute atomic E-state index is 0.684. The van der Waals surface area contributed by atoms with Gasteiger partial charge in [-0.05, 0) is 30.0 Å². The highest BCUT2D eigenvalue weighted by Crippen LogP contribution is 2.25. The Morgan fingerprint density at radius 1 is 1.00 bits per heavy atom. The van der Waals surface area contributed by atoms with Gasteiger partial charge in [0.25, 0.3) is 0 Å². The van der Waals surface area contributed by atoms with Crippen molar-refractivity contribution in [3.05, 3.63) is 48.0 Å². The molecular formula is C14H16N2. The third kappa shape index (κ3) is 2.07. The molecule has 0 heterocycles. The molecule has 16 heavy (non-hydrogen) atoms. The Hall–Kier alpha value is -1.80. The van der Waals surface area contributed by atoms with Gasteiger partial charge in [0.2, 0.25) is 0 Å². The average molecular weight is 212 g/mol. The molecule has 2 heteroatoms. The zero-order chi connectivity index (χ0) is 11.4. The van der Waals surface area contributed by atoms with E-state index < -0.39 is 0 Å². The Morgan fingerprint density at radius 3 is 2.50 bits per heavy atom. The van der Waals surface area contributed by atoms with Crippen molar-refractivity contribution in [3.8, 4) is 0 Å². The van der Waals surface area contributed by atoms with Crippen molar-refractivity contribution in [2.75, 3.05) is 12.3 Å². The highest BCUT2D eigenvalue weighted by Gasteiger charge is 2.00. The highest BCUT2D eigenvalue weighted by molar-refractivity contribution is 5.98. The molecule has 0 atom stereocenters. The molecule has 2 nitrogen and oxygen atoms in total. The number of benzene rings is 2. The van der Waals surface area contributed by atoms with E-state index in [2.05, 4.69) is 18.2 Å². The lowest BCUT2D eigenvalue weighted by Crippen LogP contribution is -1.95. The summed E-state index contributed by atoms with van der Waals surface area (Å²) in [6.07, 6.45) is 5.10. The number of anilines is 1. The van der Waals surface area contributed by atoms with Gasteiger partial charge in [-0.1, -0.05) is 42.5 Å². The van der Waals surface area contributed by atoms with Crippen LogP contribution in [0.25, 0.3) is 16.8 Å². The van der Waals surface area contributed by atoms with Gasteiger partial charge in [0.1, 0.15) is 0 Å². The maximum absolute atomic E-state index is 5.94. The van der Waals surface area contributed by atoms with E-state index in [1.54, 1.807) is 0 Å². The van der Waals surface area contributed by atoms with Crippen LogP contribution >= 0.6 is 0 Å². The number of nitrogens with two attached hydrogens (primary N) is 2. The predicted molar refractivity (Wildman–Crippen MR) is 71.1 cm³/mol. The first-order valence-electron chi connectivity index (χ1n) is 5.47. The molecule has 0 aliphatic rings. The fourth-order valence-corrected chi connectivity index (χ4v) is 1.80. The van der Waals surface area contributed by atoms with Crippen molar-refractivity contribution in [1.82, 2.24) is 0 Å². The number of rotatable bonds is 3. The Labute approximate surface area is 95.6 Å². The Bertz CT molecular complexity index is 515. The van der Waals surface area contributed by atoms with E-state index in [9.17, 15) is 0 Å². The number of nitrogen functional groups attached to an aromatic ring is 1. The normalized spacial score (nSPS) is 11.3. The molecule has 0 saturated heterocycles. The Kier molecular flexibility index (Phi) is 3.22. The van der Waals surface area contributed by atoms with Crippen molar-refractivity contribution in [2.24, 2.45) is 5.73 Å². The second-order valence-electron chi connectivity index (χ2n) is 3.77. The van der Waals surface area contributed by atoms with E-state index >= 15 is 0 Å². The predicted octanol–water partition coefficient (Wildman–Crippen LogP) is 2.78. The fourth-order valence-electron chi connectivity index (χ4n) is 1.80. The largest absolute Gasteiger partial charge is 0.398 e. The molecule has 82 valence electrons. The molecule has 0 fully saturated rings. The summed E-state index contributed by atoms with van der Waals surface area (Å²) in [6, 6.07) is 12.2. The van der Waals surface area contributed by atoms with Gasteiger partial charge in [0.05, 0.1) is 0 Å². The summed E-state index contributed by atoms with van der Waals surface area (Å²) in [5.41, 5.74) is 13.4. The summed E-state index contributed by atoms with van der Waals surface area (Å²) < 4.78 is 0. The first-order chi connectivity index (χ1) is 7.83. The second kappa shape index (κ2) is 4.81. The van der Waals surface area contributed by atoms with Gasteiger partial charge in [-0.15, -0.1) is 0 Å². The smallest absolute Gasteiger partial charge is 0.0394 e. The van der Waals surface area contributed by atoms with Crippen LogP contribution in [0.1, 0.15) is 12.0 Å². The zero-order valence-electron chi connectivity index (χ0n) is 9.19. The van der Waals surface area contributed by atoms with Crippen LogP contribution in [0, 0.1) is 0 Å². The SMILES string of the molecule is NCCC=Cc1ccc(N)c2ccccc12. The minimum atomic E-state index is 0.684. The van der Waals surface area contributed by atoms with Crippen LogP contribution in [-0.2, 0) is 0 Å². The topological polar surface area (TPSA) is 52.0 Å². The van der Waals surface area contributed by atoms with Crippen molar-refractivity contribution >= 4 is 22.5 Å². The molecular weight excluding hydrogens is 196 g/mol. The van der Waals surface area contributed by atoms with Gasteiger partial charge >= 0.3 is 0 Å². The second-order valence-corrected chi connectivity index (χ2v) is 3.77. The maximum atomic E-state index is 5.94. The molecule has 0 bridgehead atoms. The van der Waals surface area contributed by atoms with Crippen LogP contribution in [0.2, 0.25) is 0 Å². The standard InChI is InChI=1S/C14H16N2/c15-10-4-3-5-11-8-9-14(16)13-7-2-1-6-12(11)13/h1-3,5-9H,4,10,15-16H2. The van der Waals surface area contributed by atoms with Gasteiger partial charge in [0, 0.05) is 11.1 Å². The molecule has 0 unspecified atom stereocenters. The lowest BCUT2D eigenvalue weighted by Gasteiger charge is -2.05. The summed E-state index contributed by atoms with van der Waals surface area (Å²) in [7, 11) is 0. The van der Waals surface area contributed by atoms with Crippen molar-refractivity contribution in [1.29, 1.82) is 0 Å². The van der Waals surface area contributed by atoms with E-state index in [1.807, 2.05) is 30.3 Å². The molecule has 0 saturated carbocycles. The van der Waals surface area contributed by atoms with Gasteiger partial charge in [0.15, 0.2) is 0 Å². The lowest BCUT2D eigenvalue weighted by atomic mass is 10.0. The third-order valence-electron chi connectivity index (χ3n) is 2.62. The van der Waals surface area contributed by atoms with Crippen LogP contribution in [-0.4, -0.2) is 6.54 Å². The van der Waals surface area contributed by atoms with Crippen LogP contribution in [0.4, 0.5) is 5.69 Å². The quantitative estimate of drug-likeness (QED) is 0.769.